The first-order chi connectivity index (χ1) is 14.9. The number of anilines is 1. The lowest BCUT2D eigenvalue weighted by atomic mass is 10.1. The molecule has 0 fully saturated rings. The number of hydrogen-bond acceptors (Lipinski definition) is 5. The summed E-state index contributed by atoms with van der Waals surface area (Å²) in [4.78, 5) is 13.2. The number of amides is 1. The van der Waals surface area contributed by atoms with E-state index in [0.717, 1.165) is 21.9 Å². The van der Waals surface area contributed by atoms with Gasteiger partial charge in [-0.15, -0.1) is 0 Å². The largest absolute Gasteiger partial charge is 0.497 e. The lowest BCUT2D eigenvalue weighted by Gasteiger charge is -2.23. The van der Waals surface area contributed by atoms with Crippen LogP contribution in [0.4, 0.5) is 5.69 Å². The third-order valence-corrected chi connectivity index (χ3v) is 6.56. The Morgan fingerprint density at radius 3 is 2.19 bits per heavy atom. The molecular weight excluding hydrogens is 414 g/mol. The van der Waals surface area contributed by atoms with Crippen molar-refractivity contribution in [1.82, 2.24) is 0 Å². The summed E-state index contributed by atoms with van der Waals surface area (Å²) >= 11 is 0. The number of carbonyl (C=O) groups is 1. The summed E-state index contributed by atoms with van der Waals surface area (Å²) in [5.74, 6) is 0.411. The first-order valence-electron chi connectivity index (χ1n) is 9.86. The maximum Gasteiger partial charge on any atom is 0.278 e. The second-order valence-electron chi connectivity index (χ2n) is 6.92. The van der Waals surface area contributed by atoms with Crippen LogP contribution in [0.1, 0.15) is 18.1 Å². The van der Waals surface area contributed by atoms with E-state index in [4.69, 9.17) is 9.47 Å². The second kappa shape index (κ2) is 9.66. The summed E-state index contributed by atoms with van der Waals surface area (Å²) in [5.41, 5.74) is 2.06. The number of methoxy groups -OCH3 is 1. The molecule has 0 saturated carbocycles. The van der Waals surface area contributed by atoms with Gasteiger partial charge in [-0.2, -0.15) is 4.31 Å². The number of para-hydroxylation sites is 1. The summed E-state index contributed by atoms with van der Waals surface area (Å²) in [5, 5.41) is 0. The number of sulfonamides is 1. The average Bonchev–Trinajstić information content (AvgIpc) is 2.78. The maximum absolute atomic E-state index is 13.4. The van der Waals surface area contributed by atoms with E-state index >= 15 is 0 Å². The van der Waals surface area contributed by atoms with Gasteiger partial charge in [0.05, 0.1) is 17.7 Å². The number of nitrogens with zero attached hydrogens (tertiary/aromatic N) is 1. The molecule has 0 unspecified atom stereocenters. The number of hydrogen-bond donors (Lipinski definition) is 0. The quantitative estimate of drug-likeness (QED) is 0.521. The van der Waals surface area contributed by atoms with Crippen LogP contribution >= 0.6 is 0 Å². The lowest BCUT2D eigenvalue weighted by Crippen LogP contribution is -2.40. The fraction of sp³-hybridized carbons (Fsp3) is 0.208. The first-order valence-corrected chi connectivity index (χ1v) is 11.3. The van der Waals surface area contributed by atoms with Crippen LogP contribution in [0, 0.1) is 6.92 Å². The summed E-state index contributed by atoms with van der Waals surface area (Å²) in [6.07, 6.45) is 0.730. The van der Waals surface area contributed by atoms with E-state index < -0.39 is 22.5 Å². The summed E-state index contributed by atoms with van der Waals surface area (Å²) in [6, 6.07) is 20.0. The van der Waals surface area contributed by atoms with Crippen molar-refractivity contribution >= 4 is 21.6 Å². The van der Waals surface area contributed by atoms with Gasteiger partial charge in [0.2, 0.25) is 0 Å². The molecule has 0 aliphatic carbocycles. The fourth-order valence-corrected chi connectivity index (χ4v) is 4.50. The minimum absolute atomic E-state index is 0.0243. The van der Waals surface area contributed by atoms with Crippen LogP contribution in [0.5, 0.6) is 11.5 Å². The molecule has 0 atom stereocenters. The van der Waals surface area contributed by atoms with Gasteiger partial charge in [-0.25, -0.2) is 8.42 Å². The molecule has 3 aromatic carbocycles. The summed E-state index contributed by atoms with van der Waals surface area (Å²) in [6.45, 7) is 3.42. The van der Waals surface area contributed by atoms with Crippen molar-refractivity contribution in [2.24, 2.45) is 0 Å². The fourth-order valence-electron chi connectivity index (χ4n) is 3.08. The van der Waals surface area contributed by atoms with Gasteiger partial charge in [0.1, 0.15) is 11.5 Å². The van der Waals surface area contributed by atoms with Gasteiger partial charge >= 0.3 is 0 Å². The standard InChI is InChI=1S/C24H25NO5S/c1-4-19-7-5-6-8-23(19)30-17-24(26)25(20-11-13-21(29-3)14-12-20)31(27,28)22-15-9-18(2)10-16-22/h5-16H,4,17H2,1-3H3. The molecule has 162 valence electrons. The topological polar surface area (TPSA) is 72.9 Å². The predicted molar refractivity (Wildman–Crippen MR) is 120 cm³/mol. The minimum Gasteiger partial charge on any atom is -0.497 e. The smallest absolute Gasteiger partial charge is 0.278 e. The van der Waals surface area contributed by atoms with Crippen LogP contribution in [0.15, 0.2) is 77.7 Å². The van der Waals surface area contributed by atoms with Crippen molar-refractivity contribution < 1.29 is 22.7 Å². The van der Waals surface area contributed by atoms with Crippen LogP contribution in [-0.2, 0) is 21.2 Å². The monoisotopic (exact) mass is 439 g/mol. The SMILES string of the molecule is CCc1ccccc1OCC(=O)N(c1ccc(OC)cc1)S(=O)(=O)c1ccc(C)cc1. The van der Waals surface area contributed by atoms with E-state index in [1.807, 2.05) is 32.0 Å². The Morgan fingerprint density at radius 1 is 0.935 bits per heavy atom. The lowest BCUT2D eigenvalue weighted by molar-refractivity contribution is -0.119. The molecule has 0 aliphatic rings. The molecule has 0 aromatic heterocycles. The van der Waals surface area contributed by atoms with Gasteiger partial charge in [-0.3, -0.25) is 4.79 Å². The molecule has 3 rings (SSSR count). The van der Waals surface area contributed by atoms with Crippen LogP contribution in [0.25, 0.3) is 0 Å². The molecule has 31 heavy (non-hydrogen) atoms. The average molecular weight is 440 g/mol. The molecule has 0 saturated heterocycles. The highest BCUT2D eigenvalue weighted by atomic mass is 32.2. The number of rotatable bonds is 8. The van der Waals surface area contributed by atoms with Crippen molar-refractivity contribution in [2.45, 2.75) is 25.2 Å². The highest BCUT2D eigenvalue weighted by Crippen LogP contribution is 2.27. The molecule has 0 aliphatic heterocycles. The highest BCUT2D eigenvalue weighted by molar-refractivity contribution is 7.93. The van der Waals surface area contributed by atoms with Gasteiger partial charge < -0.3 is 9.47 Å². The highest BCUT2D eigenvalue weighted by Gasteiger charge is 2.31. The first kappa shape index (κ1) is 22.4. The Hall–Kier alpha value is -3.32. The summed E-state index contributed by atoms with van der Waals surface area (Å²) < 4.78 is 38.4. The van der Waals surface area contributed by atoms with Crippen LogP contribution in [0.2, 0.25) is 0 Å². The third kappa shape index (κ3) is 5.06. The zero-order valence-corrected chi connectivity index (χ0v) is 18.6. The molecular formula is C24H25NO5S. The van der Waals surface area contributed by atoms with Crippen LogP contribution < -0.4 is 13.8 Å². The zero-order chi connectivity index (χ0) is 22.4. The number of carbonyl (C=O) groups excluding carboxylic acids is 1. The molecule has 0 spiro atoms. The van der Waals surface area contributed by atoms with Crippen molar-refractivity contribution in [3.05, 3.63) is 83.9 Å². The Bertz CT molecular complexity index is 1140. The van der Waals surface area contributed by atoms with E-state index in [9.17, 15) is 13.2 Å². The van der Waals surface area contributed by atoms with Crippen LogP contribution in [0.3, 0.4) is 0 Å². The molecule has 3 aromatic rings. The van der Waals surface area contributed by atoms with Gasteiger partial charge in [-0.1, -0.05) is 42.8 Å². The zero-order valence-electron chi connectivity index (χ0n) is 17.7. The van der Waals surface area contributed by atoms with Gasteiger partial charge in [0.25, 0.3) is 15.9 Å². The molecule has 0 heterocycles. The number of ether oxygens (including phenoxy) is 2. The Kier molecular flexibility index (Phi) is 6.97. The molecule has 0 bridgehead atoms. The van der Waals surface area contributed by atoms with E-state index in [0.29, 0.717) is 11.5 Å². The van der Waals surface area contributed by atoms with Crippen molar-refractivity contribution in [3.63, 3.8) is 0 Å². The third-order valence-electron chi connectivity index (χ3n) is 4.80. The number of benzene rings is 3. The molecule has 7 heteroatoms. The molecule has 0 N–H and O–H groups in total. The summed E-state index contributed by atoms with van der Waals surface area (Å²) in [7, 11) is -2.63. The van der Waals surface area contributed by atoms with Crippen LogP contribution in [-0.4, -0.2) is 28.0 Å². The molecule has 1 amide bonds. The van der Waals surface area contributed by atoms with Gasteiger partial charge in [0.15, 0.2) is 6.61 Å². The predicted octanol–water partition coefficient (Wildman–Crippen LogP) is 4.37. The van der Waals surface area contributed by atoms with Crippen molar-refractivity contribution in [3.8, 4) is 11.5 Å². The van der Waals surface area contributed by atoms with E-state index in [2.05, 4.69) is 0 Å². The second-order valence-corrected chi connectivity index (χ2v) is 8.71. The molecule has 0 radical (unpaired) electrons. The van der Waals surface area contributed by atoms with Crippen molar-refractivity contribution in [2.75, 3.05) is 18.0 Å². The normalized spacial score (nSPS) is 11.1. The molecule has 6 nitrogen and oxygen atoms in total. The Labute approximate surface area is 183 Å². The van der Waals surface area contributed by atoms with Gasteiger partial charge in [-0.05, 0) is 61.4 Å². The van der Waals surface area contributed by atoms with E-state index in [-0.39, 0.29) is 10.6 Å². The van der Waals surface area contributed by atoms with E-state index in [1.54, 1.807) is 30.3 Å². The Balaban J connectivity index is 1.96. The number of aryl methyl sites for hydroxylation is 2. The Morgan fingerprint density at radius 2 is 1.58 bits per heavy atom. The van der Waals surface area contributed by atoms with Crippen molar-refractivity contribution in [1.29, 1.82) is 0 Å². The van der Waals surface area contributed by atoms with E-state index in [1.165, 1.54) is 31.4 Å². The van der Waals surface area contributed by atoms with Gasteiger partial charge in [0, 0.05) is 0 Å². The maximum atomic E-state index is 13.4. The minimum atomic E-state index is -4.15.